The van der Waals surface area contributed by atoms with E-state index in [1.165, 1.54) is 37.3 Å². The zero-order valence-corrected chi connectivity index (χ0v) is 15.3. The third-order valence-corrected chi connectivity index (χ3v) is 5.30. The fourth-order valence-corrected chi connectivity index (χ4v) is 3.03. The van der Waals surface area contributed by atoms with Gasteiger partial charge in [-0.05, 0) is 12.5 Å². The van der Waals surface area contributed by atoms with Gasteiger partial charge in [0, 0.05) is 12.1 Å². The average molecular weight is 412 g/mol. The Hall–Kier alpha value is -2.45. The van der Waals surface area contributed by atoms with Crippen molar-refractivity contribution in [3.63, 3.8) is 0 Å². The Balaban J connectivity index is 0.000000271. The van der Waals surface area contributed by atoms with E-state index >= 15 is 0 Å². The number of non-ortho nitro benzene ring substituents is 1. The van der Waals surface area contributed by atoms with Crippen molar-refractivity contribution in [1.82, 2.24) is 0 Å². The van der Waals surface area contributed by atoms with Crippen LogP contribution in [0, 0.1) is 17.0 Å². The smallest absolute Gasteiger partial charge is 0.258 e. The van der Waals surface area contributed by atoms with Gasteiger partial charge in [-0.1, -0.05) is 12.1 Å². The van der Waals surface area contributed by atoms with Gasteiger partial charge in [0.1, 0.15) is 0 Å². The predicted octanol–water partition coefficient (Wildman–Crippen LogP) is 1.61. The van der Waals surface area contributed by atoms with Gasteiger partial charge in [0.15, 0.2) is 0 Å². The molecule has 1 atom stereocenters. The van der Waals surface area contributed by atoms with E-state index in [4.69, 9.17) is 9.35 Å². The van der Waals surface area contributed by atoms with E-state index in [1.54, 1.807) is 12.1 Å². The Morgan fingerprint density at radius 3 is 2.24 bits per heavy atom. The third kappa shape index (κ3) is 6.90. The molecule has 3 N–H and O–H groups in total. The second-order valence-electron chi connectivity index (χ2n) is 4.93. The SMILES string of the molecule is CC(=O)Nc1ccc([As](=O)(O)OO)cc1.Cc1cccc([N+](=O)[O-])c1. The van der Waals surface area contributed by atoms with Gasteiger partial charge in [0.2, 0.25) is 0 Å². The van der Waals surface area contributed by atoms with Crippen molar-refractivity contribution in [2.75, 3.05) is 5.32 Å². The third-order valence-electron chi connectivity index (χ3n) is 2.84. The Labute approximate surface area is 146 Å². The van der Waals surface area contributed by atoms with Crippen LogP contribution in [0.25, 0.3) is 0 Å². The Morgan fingerprint density at radius 2 is 1.84 bits per heavy atom. The van der Waals surface area contributed by atoms with Crippen LogP contribution in [0.5, 0.6) is 0 Å². The number of nitro groups is 1. The number of nitro benzene ring substituents is 1. The molecule has 2 aromatic carbocycles. The summed E-state index contributed by atoms with van der Waals surface area (Å²) in [6.45, 7) is 3.18. The van der Waals surface area contributed by atoms with Gasteiger partial charge >= 0.3 is 88.4 Å². The minimum absolute atomic E-state index is 0.00438. The maximum atomic E-state index is 11.2. The summed E-state index contributed by atoms with van der Waals surface area (Å²) in [7, 11) is 0. The van der Waals surface area contributed by atoms with Crippen LogP contribution in [0.4, 0.5) is 11.4 Å². The van der Waals surface area contributed by atoms with E-state index in [0.717, 1.165) is 5.56 Å². The van der Waals surface area contributed by atoms with Crippen LogP contribution in [0.1, 0.15) is 12.5 Å². The van der Waals surface area contributed by atoms with E-state index in [1.807, 2.05) is 13.0 Å². The van der Waals surface area contributed by atoms with E-state index in [-0.39, 0.29) is 15.9 Å². The van der Waals surface area contributed by atoms with Crippen LogP contribution >= 0.6 is 0 Å². The number of anilines is 1. The van der Waals surface area contributed by atoms with Crippen LogP contribution in [-0.4, -0.2) is 34.4 Å². The number of rotatable bonds is 4. The first-order chi connectivity index (χ1) is 11.7. The summed E-state index contributed by atoms with van der Waals surface area (Å²) in [6.07, 6.45) is 0. The molecule has 1 amide bonds. The normalized spacial score (nSPS) is 12.3. The van der Waals surface area contributed by atoms with Gasteiger partial charge in [-0.25, -0.2) is 0 Å². The Morgan fingerprint density at radius 1 is 1.24 bits per heavy atom. The maximum absolute atomic E-state index is 11.2. The number of benzene rings is 2. The zero-order chi connectivity index (χ0) is 19.0. The standard InChI is InChI=1S/C8H10AsNO5.C7H7NO2/c1-6(11)10-8-4-2-7(3-5-8)9(12,13)15-14;1-6-3-2-4-7(5-6)8(9)10/h2-5,14H,1H3,(H,10,11)(H,12,13);2-5H,1H3. The second-order valence-corrected chi connectivity index (χ2v) is 8.54. The number of carbonyl (C=O) groups is 1. The molecule has 0 aliphatic carbocycles. The molecule has 0 radical (unpaired) electrons. The molecule has 0 aromatic heterocycles. The second kappa shape index (κ2) is 9.14. The van der Waals surface area contributed by atoms with Gasteiger partial charge in [0.25, 0.3) is 5.69 Å². The molecule has 0 aliphatic rings. The number of nitrogens with zero attached hydrogens (tertiary/aromatic N) is 1. The van der Waals surface area contributed by atoms with Crippen molar-refractivity contribution in [2.24, 2.45) is 0 Å². The van der Waals surface area contributed by atoms with E-state index in [0.29, 0.717) is 5.69 Å². The molecule has 10 heteroatoms. The molecule has 1 unspecified atom stereocenters. The number of aryl methyl sites for hydroxylation is 1. The monoisotopic (exact) mass is 412 g/mol. The first-order valence-electron chi connectivity index (χ1n) is 6.91. The summed E-state index contributed by atoms with van der Waals surface area (Å²) in [5.41, 5.74) is 1.56. The van der Waals surface area contributed by atoms with Crippen LogP contribution in [-0.2, 0) is 12.4 Å². The van der Waals surface area contributed by atoms with E-state index < -0.39 is 19.1 Å². The van der Waals surface area contributed by atoms with Gasteiger partial charge < -0.3 is 0 Å². The maximum Gasteiger partial charge on any atom is 0.269 e. The Kier molecular flexibility index (Phi) is 7.53. The van der Waals surface area contributed by atoms with Crippen LogP contribution in [0.15, 0.2) is 48.5 Å². The number of hydrogen-bond acceptors (Lipinski definition) is 6. The first kappa shape index (κ1) is 20.6. The van der Waals surface area contributed by atoms with Gasteiger partial charge in [-0.3, -0.25) is 10.1 Å². The molecule has 0 saturated carbocycles. The summed E-state index contributed by atoms with van der Waals surface area (Å²) in [4.78, 5) is 20.4. The summed E-state index contributed by atoms with van der Waals surface area (Å²) in [5.74, 6) is -0.237. The largest absolute Gasteiger partial charge is 0.269 e. The molecular weight excluding hydrogens is 395 g/mol. The van der Waals surface area contributed by atoms with Gasteiger partial charge in [-0.15, -0.1) is 0 Å². The number of carbonyl (C=O) groups excluding carboxylic acids is 1. The van der Waals surface area contributed by atoms with Crippen molar-refractivity contribution < 1.29 is 26.7 Å². The van der Waals surface area contributed by atoms with Gasteiger partial charge in [0.05, 0.1) is 4.92 Å². The van der Waals surface area contributed by atoms with Crippen molar-refractivity contribution in [3.05, 3.63) is 64.2 Å². The van der Waals surface area contributed by atoms with Gasteiger partial charge in [-0.2, -0.15) is 0 Å². The fourth-order valence-electron chi connectivity index (χ4n) is 1.73. The molecule has 2 rings (SSSR count). The number of nitrogens with one attached hydrogen (secondary N) is 1. The zero-order valence-electron chi connectivity index (χ0n) is 13.4. The number of amides is 1. The molecule has 134 valence electrons. The minimum Gasteiger partial charge on any atom is -0.258 e. The summed E-state index contributed by atoms with van der Waals surface area (Å²) >= 11 is -4.76. The number of hydrogen-bond donors (Lipinski definition) is 3. The van der Waals surface area contributed by atoms with Crippen molar-refractivity contribution in [1.29, 1.82) is 0 Å². The van der Waals surface area contributed by atoms with E-state index in [9.17, 15) is 18.6 Å². The molecule has 0 aliphatic heterocycles. The molecule has 0 spiro atoms. The summed E-state index contributed by atoms with van der Waals surface area (Å²) in [6, 6.07) is 12.0. The first-order valence-corrected chi connectivity index (χ1v) is 10.2. The molecule has 9 nitrogen and oxygen atoms in total. The van der Waals surface area contributed by atoms with Crippen molar-refractivity contribution >= 4 is 35.8 Å². The quantitative estimate of drug-likeness (QED) is 0.300. The molecule has 0 bridgehead atoms. The van der Waals surface area contributed by atoms with Crippen LogP contribution < -0.4 is 9.67 Å². The molecule has 0 fully saturated rings. The van der Waals surface area contributed by atoms with Crippen molar-refractivity contribution in [3.8, 4) is 0 Å². The van der Waals surface area contributed by atoms with Crippen molar-refractivity contribution in [2.45, 2.75) is 13.8 Å². The van der Waals surface area contributed by atoms with E-state index in [2.05, 4.69) is 9.19 Å². The molecule has 0 heterocycles. The average Bonchev–Trinajstić information content (AvgIpc) is 2.55. The molecular formula is C15H17AsN2O7. The summed E-state index contributed by atoms with van der Waals surface area (Å²) < 4.78 is 23.8. The molecule has 25 heavy (non-hydrogen) atoms. The fraction of sp³-hybridized carbons (Fsp3) is 0.133. The molecule has 0 saturated heterocycles. The topological polar surface area (TPSA) is 139 Å². The minimum atomic E-state index is -4.76. The molecule has 2 aromatic rings. The van der Waals surface area contributed by atoms with Crippen LogP contribution in [0.2, 0.25) is 0 Å². The predicted molar refractivity (Wildman–Crippen MR) is 90.6 cm³/mol. The Bertz CT molecular complexity index is 793. The summed E-state index contributed by atoms with van der Waals surface area (Å²) in [5, 5.41) is 20.9. The van der Waals surface area contributed by atoms with Crippen LogP contribution in [0.3, 0.4) is 0 Å².